The number of Topliss-reactive ketones (excluding diaryl/α,β-unsaturated/α-hetero) is 2. The van der Waals surface area contributed by atoms with E-state index in [1.807, 2.05) is 54.1 Å². The number of nitrogens with zero attached hydrogens (tertiary/aromatic N) is 10. The van der Waals surface area contributed by atoms with Gasteiger partial charge >= 0.3 is 0 Å². The molecule has 0 saturated carbocycles. The Morgan fingerprint density at radius 1 is 0.355 bits per heavy atom. The average molecular weight is 1730 g/mol. The number of thiazole rings is 5. The minimum Gasteiger partial charge on any atom is -0.387 e. The first-order valence-electron chi connectivity index (χ1n) is 44.6. The van der Waals surface area contributed by atoms with Gasteiger partial charge in [0.05, 0.1) is 48.5 Å². The van der Waals surface area contributed by atoms with Gasteiger partial charge in [0.2, 0.25) is 5.78 Å². The van der Waals surface area contributed by atoms with Gasteiger partial charge in [-0.15, -0.1) is 56.7 Å². The molecule has 10 heterocycles. The lowest BCUT2D eigenvalue weighted by atomic mass is 10.0. The first-order chi connectivity index (χ1) is 60.9. The highest BCUT2D eigenvalue weighted by atomic mass is 32.1. The third-order valence-corrected chi connectivity index (χ3v) is 31.1. The van der Waals surface area contributed by atoms with Crippen LogP contribution < -0.4 is 0 Å². The molecule has 20 heteroatoms. The van der Waals surface area contributed by atoms with E-state index in [0.717, 1.165) is 142 Å². The Bertz CT molecular complexity index is 7000. The number of fused-ring (bicyclic) bond motifs is 19. The zero-order chi connectivity index (χ0) is 84.0. The van der Waals surface area contributed by atoms with E-state index < -0.39 is 12.2 Å². The predicted octanol–water partition coefficient (Wildman–Crippen LogP) is 25.3. The normalized spacial score (nSPS) is 15.3. The predicted molar refractivity (Wildman–Crippen MR) is 511 cm³/mol. The summed E-state index contributed by atoms with van der Waals surface area (Å²) in [7, 11) is 0. The molecule has 23 rings (SSSR count). The third-order valence-electron chi connectivity index (χ3n) is 25.3. The van der Waals surface area contributed by atoms with Crippen molar-refractivity contribution in [1.82, 2.24) is 46.9 Å². The fourth-order valence-electron chi connectivity index (χ4n) is 18.7. The number of rotatable bonds is 15. The van der Waals surface area contributed by atoms with Crippen molar-refractivity contribution in [2.24, 2.45) is 0 Å². The van der Waals surface area contributed by atoms with E-state index in [2.05, 4.69) is 205 Å². The van der Waals surface area contributed by atoms with Gasteiger partial charge in [-0.1, -0.05) is 202 Å². The van der Waals surface area contributed by atoms with E-state index in [-0.39, 0.29) is 17.3 Å². The van der Waals surface area contributed by atoms with E-state index in [1.165, 1.54) is 203 Å². The molecule has 15 nitrogen and oxygen atoms in total. The zero-order valence-corrected chi connectivity index (χ0v) is 74.2. The molecule has 0 amide bonds. The maximum Gasteiger partial charge on any atom is 0.204 e. The Balaban J connectivity index is 0.000000103. The molecule has 0 saturated heterocycles. The maximum atomic E-state index is 13.0. The number of aromatic nitrogens is 10. The molecule has 5 aliphatic carbocycles. The van der Waals surface area contributed by atoms with Gasteiger partial charge in [-0.2, -0.15) is 0 Å². The van der Waals surface area contributed by atoms with Crippen LogP contribution in [0.15, 0.2) is 213 Å². The van der Waals surface area contributed by atoms with E-state index in [0.29, 0.717) is 12.1 Å². The molecule has 2 atom stereocenters. The highest BCUT2D eigenvalue weighted by molar-refractivity contribution is 7.18. The number of carbonyl (C=O) groups excluding carboxylic acids is 3. The van der Waals surface area contributed by atoms with Crippen LogP contribution in [0.3, 0.4) is 0 Å². The molecule has 8 aromatic carbocycles. The largest absolute Gasteiger partial charge is 0.387 e. The van der Waals surface area contributed by atoms with Crippen molar-refractivity contribution in [3.05, 3.63) is 317 Å². The fourth-order valence-corrected chi connectivity index (χ4v) is 24.7. The van der Waals surface area contributed by atoms with Crippen LogP contribution in [0.25, 0.3) is 80.0 Å². The molecule has 0 radical (unpaired) electrons. The molecule has 628 valence electrons. The SMILES string of the molecule is CC(=O)c1cnc2sc3c(n12)CCCCC3.O=C(/C=C/c1ccc2ccccc2c1)c1cnc2sc3c(n12)CCCCC3.O=C(CCc1ccc2ccccc2c1)c1cnc2sc3c(n12)CCCCC3.OC(/C=C/c1ccc2ccccc2c1)c1cnc2sc3c(n12)CCCCC3.OC(CCc1ccc2ccccc2c1)c1cnc2sc3c(n12)CCCCC3. The van der Waals surface area contributed by atoms with Crippen LogP contribution in [-0.4, -0.2) is 74.5 Å². The standard InChI is InChI=1S/C23H24N2OS.2C23H22N2OS.C23H20N2OS.C12H14N2OS/c4*26-21(13-11-16-10-12-17-6-4-5-7-18(17)14-16)20-15-24-23-25(20)19-8-2-1-3-9-22(19)27-23;1-8(15)10-7-13-12-14(10)9-5-3-2-4-6-11(9)16-12/h4-7,10,12,14-15,21,26H,1-3,8-9,11,13H2;4-7,10,12,14-15H,1-3,8-9,11,13H2;4-7,10-15,21,26H,1-3,8-9H2;4-7,10-15H,1-3,8-9H2;7H,2-6H2,1H3/b;;2*13-11+;. The number of hydrogen-bond acceptors (Lipinski definition) is 15. The number of carbonyl (C=O) groups is 3. The molecule has 10 aromatic heterocycles. The molecule has 18 aromatic rings. The highest BCUT2D eigenvalue weighted by Gasteiger charge is 2.28. The molecule has 0 aliphatic heterocycles. The number of imidazole rings is 5. The first-order valence-corrected chi connectivity index (χ1v) is 48.7. The highest BCUT2D eigenvalue weighted by Crippen LogP contribution is 2.39. The number of hydrogen-bond donors (Lipinski definition) is 2. The van der Waals surface area contributed by atoms with Crippen LogP contribution in [0.2, 0.25) is 0 Å². The first kappa shape index (κ1) is 82.7. The Morgan fingerprint density at radius 3 is 1.15 bits per heavy atom. The summed E-state index contributed by atoms with van der Waals surface area (Å²) >= 11 is 8.85. The Morgan fingerprint density at radius 2 is 0.694 bits per heavy atom. The quantitative estimate of drug-likeness (QED) is 0.0570. The molecule has 0 spiro atoms. The number of aliphatic hydroxyl groups is 2. The van der Waals surface area contributed by atoms with Gasteiger partial charge in [0.25, 0.3) is 0 Å². The summed E-state index contributed by atoms with van der Waals surface area (Å²) in [4.78, 5) is 72.1. The minimum atomic E-state index is -0.659. The lowest BCUT2D eigenvalue weighted by Gasteiger charge is -2.12. The van der Waals surface area contributed by atoms with Crippen LogP contribution in [0.4, 0.5) is 0 Å². The van der Waals surface area contributed by atoms with Crippen molar-refractivity contribution >= 4 is 154 Å². The third kappa shape index (κ3) is 17.9. The Hall–Kier alpha value is -10.9. The fraction of sp³-hybridized carbons (Fsp3) is 0.308. The van der Waals surface area contributed by atoms with Crippen molar-refractivity contribution in [2.75, 3.05) is 0 Å². The summed E-state index contributed by atoms with van der Waals surface area (Å²) in [5.41, 5.74) is 15.4. The van der Waals surface area contributed by atoms with E-state index in [9.17, 15) is 24.6 Å². The van der Waals surface area contributed by atoms with Gasteiger partial charge in [-0.05, 0) is 237 Å². The van der Waals surface area contributed by atoms with E-state index in [4.69, 9.17) is 0 Å². The summed E-state index contributed by atoms with van der Waals surface area (Å²) in [5.74, 6) is 0.318. The number of aliphatic hydroxyl groups excluding tert-OH is 2. The second-order valence-corrected chi connectivity index (χ2v) is 39.0. The van der Waals surface area contributed by atoms with Gasteiger partial charge in [-0.3, -0.25) is 36.4 Å². The summed E-state index contributed by atoms with van der Waals surface area (Å²) in [5, 5.41) is 31.6. The van der Waals surface area contributed by atoms with Gasteiger partial charge in [0, 0.05) is 66.2 Å². The number of ketones is 3. The minimum absolute atomic E-state index is 0.0144. The number of allylic oxidation sites excluding steroid dienone is 1. The van der Waals surface area contributed by atoms with Crippen molar-refractivity contribution in [2.45, 2.75) is 205 Å². The Kier molecular flexibility index (Phi) is 25.2. The molecule has 5 aliphatic rings. The van der Waals surface area contributed by atoms with Crippen molar-refractivity contribution in [3.63, 3.8) is 0 Å². The summed E-state index contributed by atoms with van der Waals surface area (Å²) in [6.45, 7) is 1.62. The van der Waals surface area contributed by atoms with Crippen LogP contribution in [0.5, 0.6) is 0 Å². The van der Waals surface area contributed by atoms with Crippen LogP contribution in [-0.2, 0) is 77.0 Å². The lowest BCUT2D eigenvalue weighted by Crippen LogP contribution is -2.07. The monoisotopic (exact) mass is 1730 g/mol. The van der Waals surface area contributed by atoms with E-state index >= 15 is 0 Å². The second-order valence-electron chi connectivity index (χ2n) is 33.7. The molecule has 2 N–H and O–H groups in total. The number of benzene rings is 8. The van der Waals surface area contributed by atoms with Crippen molar-refractivity contribution in [3.8, 4) is 0 Å². The lowest BCUT2D eigenvalue weighted by molar-refractivity contribution is 0.0974. The molecule has 0 bridgehead atoms. The topological polar surface area (TPSA) is 178 Å². The van der Waals surface area contributed by atoms with Gasteiger partial charge in [0.1, 0.15) is 23.2 Å². The zero-order valence-electron chi connectivity index (χ0n) is 70.2. The molecule has 2 unspecified atom stereocenters. The summed E-state index contributed by atoms with van der Waals surface area (Å²) in [6, 6.07) is 59.1. The molecular weight excluding hydrogens is 1630 g/mol. The van der Waals surface area contributed by atoms with Gasteiger partial charge in [-0.25, -0.2) is 24.9 Å². The molecule has 0 fully saturated rings. The van der Waals surface area contributed by atoms with Gasteiger partial charge in [0.15, 0.2) is 36.4 Å². The average Bonchev–Trinajstić information content (AvgIpc) is 1.63. The Labute approximate surface area is 741 Å². The van der Waals surface area contributed by atoms with Crippen molar-refractivity contribution < 1.29 is 24.6 Å². The molecular formula is C104H102N10O5S5. The summed E-state index contributed by atoms with van der Waals surface area (Å²) in [6.07, 6.45) is 48.0. The summed E-state index contributed by atoms with van der Waals surface area (Å²) < 4.78 is 10.8. The van der Waals surface area contributed by atoms with Gasteiger partial charge < -0.3 is 10.2 Å². The van der Waals surface area contributed by atoms with Crippen LogP contribution in [0, 0.1) is 0 Å². The maximum absolute atomic E-state index is 13.0. The number of aryl methyl sites for hydroxylation is 12. The van der Waals surface area contributed by atoms with Crippen LogP contribution >= 0.6 is 56.7 Å². The van der Waals surface area contributed by atoms with Crippen molar-refractivity contribution in [1.29, 1.82) is 0 Å². The molecule has 124 heavy (non-hydrogen) atoms. The van der Waals surface area contributed by atoms with E-state index in [1.54, 1.807) is 76.9 Å². The smallest absolute Gasteiger partial charge is 0.204 e. The van der Waals surface area contributed by atoms with Crippen LogP contribution in [0.1, 0.15) is 246 Å². The second kappa shape index (κ2) is 37.9.